The summed E-state index contributed by atoms with van der Waals surface area (Å²) in [5.74, 6) is 0.532. The van der Waals surface area contributed by atoms with Gasteiger partial charge in [-0.2, -0.15) is 0 Å². The number of rotatable bonds is 4. The molecule has 1 aliphatic rings. The van der Waals surface area contributed by atoms with Crippen molar-refractivity contribution in [3.05, 3.63) is 94.4 Å². The lowest BCUT2D eigenvalue weighted by atomic mass is 10.1. The number of pyridine rings is 2. The van der Waals surface area contributed by atoms with Gasteiger partial charge < -0.3 is 19.0 Å². The first-order valence-electron chi connectivity index (χ1n) is 10.8. The van der Waals surface area contributed by atoms with E-state index >= 15 is 0 Å². The maximum absolute atomic E-state index is 12.9. The number of ether oxygens (including phenoxy) is 1. The Morgan fingerprint density at radius 2 is 2.06 bits per heavy atom. The number of imidazole rings is 1. The molecule has 0 atom stereocenters. The Hall–Kier alpha value is -3.84. The molecular weight excluding hydrogens is 402 g/mol. The quantitative estimate of drug-likeness (QED) is 0.480. The summed E-state index contributed by atoms with van der Waals surface area (Å²) in [5, 5.41) is 4.70. The van der Waals surface area contributed by atoms with Crippen molar-refractivity contribution in [1.82, 2.24) is 23.8 Å². The van der Waals surface area contributed by atoms with E-state index in [2.05, 4.69) is 34.0 Å². The lowest BCUT2D eigenvalue weighted by Crippen LogP contribution is -2.24. The van der Waals surface area contributed by atoms with Gasteiger partial charge in [0.05, 0.1) is 16.9 Å². The van der Waals surface area contributed by atoms with Crippen molar-refractivity contribution < 1.29 is 4.74 Å². The van der Waals surface area contributed by atoms with Crippen LogP contribution in [-0.4, -0.2) is 25.1 Å². The van der Waals surface area contributed by atoms with E-state index in [0.717, 1.165) is 42.1 Å². The van der Waals surface area contributed by atoms with Crippen LogP contribution in [0.4, 0.5) is 0 Å². The molecular formula is C25H23N5O2. The van der Waals surface area contributed by atoms with Crippen molar-refractivity contribution in [3.63, 3.8) is 0 Å². The molecule has 6 rings (SSSR count). The van der Waals surface area contributed by atoms with Gasteiger partial charge in [0.1, 0.15) is 18.0 Å². The van der Waals surface area contributed by atoms with E-state index < -0.39 is 0 Å². The van der Waals surface area contributed by atoms with Crippen molar-refractivity contribution in [2.45, 2.75) is 19.6 Å². The molecule has 5 aromatic rings. The summed E-state index contributed by atoms with van der Waals surface area (Å²) in [6.45, 7) is 2.20. The van der Waals surface area contributed by atoms with Gasteiger partial charge in [0, 0.05) is 62.3 Å². The van der Waals surface area contributed by atoms with Gasteiger partial charge in [-0.1, -0.05) is 12.1 Å². The molecule has 7 heteroatoms. The Bertz CT molecular complexity index is 1490. The Morgan fingerprint density at radius 1 is 1.12 bits per heavy atom. The van der Waals surface area contributed by atoms with E-state index in [0.29, 0.717) is 12.4 Å². The van der Waals surface area contributed by atoms with Crippen LogP contribution in [0.15, 0.2) is 71.9 Å². The van der Waals surface area contributed by atoms with Gasteiger partial charge in [0.15, 0.2) is 0 Å². The van der Waals surface area contributed by atoms with Crippen LogP contribution in [0.5, 0.6) is 5.75 Å². The first-order chi connectivity index (χ1) is 15.7. The Kier molecular flexibility index (Phi) is 4.36. The van der Waals surface area contributed by atoms with E-state index in [9.17, 15) is 4.79 Å². The molecule has 1 aliphatic heterocycles. The maximum Gasteiger partial charge on any atom is 0.258 e. The van der Waals surface area contributed by atoms with Crippen LogP contribution in [0, 0.1) is 0 Å². The van der Waals surface area contributed by atoms with Gasteiger partial charge >= 0.3 is 0 Å². The molecule has 0 saturated heterocycles. The van der Waals surface area contributed by atoms with E-state index in [1.807, 2.05) is 47.1 Å². The molecule has 0 amide bonds. The van der Waals surface area contributed by atoms with Gasteiger partial charge in [0.25, 0.3) is 5.56 Å². The van der Waals surface area contributed by atoms with Crippen LogP contribution >= 0.6 is 0 Å². The number of benzene rings is 1. The van der Waals surface area contributed by atoms with Crippen molar-refractivity contribution in [1.29, 1.82) is 0 Å². The molecule has 7 nitrogen and oxygen atoms in total. The summed E-state index contributed by atoms with van der Waals surface area (Å²) in [6, 6.07) is 15.4. The summed E-state index contributed by atoms with van der Waals surface area (Å²) in [5.41, 5.74) is 6.29. The second kappa shape index (κ2) is 7.39. The normalized spacial score (nSPS) is 13.5. The number of fused-ring (bicyclic) bond motifs is 4. The summed E-state index contributed by atoms with van der Waals surface area (Å²) in [7, 11) is 2.11. The molecule has 0 fully saturated rings. The van der Waals surface area contributed by atoms with Gasteiger partial charge in [-0.05, 0) is 35.9 Å². The minimum absolute atomic E-state index is 0.127. The fourth-order valence-corrected chi connectivity index (χ4v) is 4.62. The number of aryl methyl sites for hydroxylation is 1. The number of hydrogen-bond donors (Lipinski definition) is 1. The molecule has 160 valence electrons. The fraction of sp³-hybridized carbons (Fsp3) is 0.200. The van der Waals surface area contributed by atoms with Crippen LogP contribution < -0.4 is 15.6 Å². The third kappa shape index (κ3) is 3.09. The first-order valence-corrected chi connectivity index (χ1v) is 10.8. The summed E-state index contributed by atoms with van der Waals surface area (Å²) in [6.07, 6.45) is 6.67. The lowest BCUT2D eigenvalue weighted by Gasteiger charge is -2.14. The molecule has 5 heterocycles. The second-order valence-corrected chi connectivity index (χ2v) is 8.17. The predicted octanol–water partition coefficient (Wildman–Crippen LogP) is 3.20. The first kappa shape index (κ1) is 18.9. The molecule has 0 saturated carbocycles. The van der Waals surface area contributed by atoms with Gasteiger partial charge in [0.2, 0.25) is 0 Å². The number of aromatic nitrogens is 4. The molecule has 1 aromatic carbocycles. The molecule has 1 N–H and O–H groups in total. The Balaban J connectivity index is 1.27. The third-order valence-electron chi connectivity index (χ3n) is 6.23. The van der Waals surface area contributed by atoms with Crippen molar-refractivity contribution in [3.8, 4) is 11.4 Å². The topological polar surface area (TPSA) is 65.5 Å². The van der Waals surface area contributed by atoms with Crippen molar-refractivity contribution in [2.75, 3.05) is 6.54 Å². The van der Waals surface area contributed by atoms with E-state index in [1.165, 1.54) is 22.7 Å². The second-order valence-electron chi connectivity index (χ2n) is 8.17. The highest BCUT2D eigenvalue weighted by atomic mass is 16.5. The van der Waals surface area contributed by atoms with Crippen LogP contribution in [0.2, 0.25) is 0 Å². The maximum atomic E-state index is 12.9. The highest BCUT2D eigenvalue weighted by Gasteiger charge is 2.18. The van der Waals surface area contributed by atoms with Crippen molar-refractivity contribution >= 4 is 16.6 Å². The number of hydrogen-bond acceptors (Lipinski definition) is 4. The molecule has 0 unspecified atom stereocenters. The average molecular weight is 425 g/mol. The van der Waals surface area contributed by atoms with Crippen LogP contribution in [-0.2, 0) is 26.6 Å². The zero-order valence-corrected chi connectivity index (χ0v) is 17.8. The molecule has 0 radical (unpaired) electrons. The van der Waals surface area contributed by atoms with Gasteiger partial charge in [-0.25, -0.2) is 4.98 Å². The largest absolute Gasteiger partial charge is 0.487 e. The van der Waals surface area contributed by atoms with Crippen LogP contribution in [0.25, 0.3) is 22.2 Å². The summed E-state index contributed by atoms with van der Waals surface area (Å²) in [4.78, 5) is 17.4. The SMILES string of the molecule is Cn1c2c(c3ccc(-n4ccc(OCc5cn6ccccc6n5)cc4=O)cc31)CNCC2. The highest BCUT2D eigenvalue weighted by molar-refractivity contribution is 5.87. The molecule has 32 heavy (non-hydrogen) atoms. The minimum Gasteiger partial charge on any atom is -0.487 e. The molecule has 0 aliphatic carbocycles. The fourth-order valence-electron chi connectivity index (χ4n) is 4.62. The van der Waals surface area contributed by atoms with E-state index in [4.69, 9.17) is 4.74 Å². The molecule has 4 aromatic heterocycles. The highest BCUT2D eigenvalue weighted by Crippen LogP contribution is 2.29. The van der Waals surface area contributed by atoms with Gasteiger partial charge in [-0.15, -0.1) is 0 Å². The third-order valence-corrected chi connectivity index (χ3v) is 6.23. The smallest absolute Gasteiger partial charge is 0.258 e. The van der Waals surface area contributed by atoms with Crippen molar-refractivity contribution in [2.24, 2.45) is 7.05 Å². The Labute approximate surface area is 184 Å². The van der Waals surface area contributed by atoms with E-state index in [-0.39, 0.29) is 5.56 Å². The van der Waals surface area contributed by atoms with Gasteiger partial charge in [-0.3, -0.25) is 9.36 Å². The standard InChI is InChI=1S/C25H23N5O2/c1-28-22-7-9-26-14-21(22)20-6-5-18(12-23(20)28)30-11-8-19(13-25(30)31)32-16-17-15-29-10-3-2-4-24(29)27-17/h2-6,8,10-13,15,26H,7,9,14,16H2,1H3. The van der Waals surface area contributed by atoms with Crippen LogP contribution in [0.3, 0.4) is 0 Å². The predicted molar refractivity (Wildman–Crippen MR) is 123 cm³/mol. The lowest BCUT2D eigenvalue weighted by molar-refractivity contribution is 0.301. The average Bonchev–Trinajstić information content (AvgIpc) is 3.37. The number of nitrogens with one attached hydrogen (secondary N) is 1. The minimum atomic E-state index is -0.127. The zero-order chi connectivity index (χ0) is 21.7. The Morgan fingerprint density at radius 3 is 2.94 bits per heavy atom. The summed E-state index contributed by atoms with van der Waals surface area (Å²) >= 11 is 0. The molecule has 0 bridgehead atoms. The zero-order valence-electron chi connectivity index (χ0n) is 17.8. The number of nitrogens with zero attached hydrogens (tertiary/aromatic N) is 4. The van der Waals surface area contributed by atoms with Crippen LogP contribution in [0.1, 0.15) is 17.0 Å². The molecule has 0 spiro atoms. The van der Waals surface area contributed by atoms with E-state index in [1.54, 1.807) is 10.8 Å². The monoisotopic (exact) mass is 425 g/mol. The summed E-state index contributed by atoms with van der Waals surface area (Å²) < 4.78 is 11.7.